The number of aromatic nitrogens is 1. The minimum absolute atomic E-state index is 0.0289. The summed E-state index contributed by atoms with van der Waals surface area (Å²) in [4.78, 5) is 15.3. The Balaban J connectivity index is 1.69. The number of hydrogen-bond donors (Lipinski definition) is 2. The Morgan fingerprint density at radius 3 is 2.62 bits per heavy atom. The standard InChI is InChI=1S/C21H24N2O/c1-14-5-4-6-17(10-14)7-8-22-13-19-12-18-11-15(2)9-16(3)20(18)23-21(19)24/h4-6,9-12,22H,7-8,13H2,1-3H3,(H,23,24)/p+1. The van der Waals surface area contributed by atoms with Gasteiger partial charge in [-0.25, -0.2) is 0 Å². The van der Waals surface area contributed by atoms with Gasteiger partial charge in [0.2, 0.25) is 0 Å². The first-order chi connectivity index (χ1) is 11.5. The number of aromatic amines is 1. The SMILES string of the molecule is Cc1cccc(CC[NH2+]Cc2cc3cc(C)cc(C)c3[nH]c2=O)c1. The number of quaternary nitrogens is 1. The molecule has 0 radical (unpaired) electrons. The van der Waals surface area contributed by atoms with Crippen LogP contribution in [0.2, 0.25) is 0 Å². The molecule has 0 bridgehead atoms. The second kappa shape index (κ2) is 7.02. The molecular formula is C21H25N2O+. The summed E-state index contributed by atoms with van der Waals surface area (Å²) in [5.41, 5.74) is 6.82. The number of hydrogen-bond acceptors (Lipinski definition) is 1. The molecule has 0 aliphatic heterocycles. The molecule has 0 fully saturated rings. The quantitative estimate of drug-likeness (QED) is 0.698. The maximum absolute atomic E-state index is 12.3. The first kappa shape index (κ1) is 16.5. The first-order valence-corrected chi connectivity index (χ1v) is 8.53. The fourth-order valence-electron chi connectivity index (χ4n) is 3.28. The number of rotatable bonds is 5. The number of fused-ring (bicyclic) bond motifs is 1. The number of benzene rings is 2. The van der Waals surface area contributed by atoms with Crippen molar-refractivity contribution in [2.24, 2.45) is 0 Å². The van der Waals surface area contributed by atoms with Gasteiger partial charge in [0.1, 0.15) is 6.54 Å². The van der Waals surface area contributed by atoms with Gasteiger partial charge in [-0.3, -0.25) is 4.79 Å². The third-order valence-corrected chi connectivity index (χ3v) is 4.45. The molecule has 0 spiro atoms. The molecule has 3 N–H and O–H groups in total. The normalized spacial score (nSPS) is 11.1. The molecule has 1 aromatic heterocycles. The summed E-state index contributed by atoms with van der Waals surface area (Å²) in [5, 5.41) is 3.33. The van der Waals surface area contributed by atoms with E-state index < -0.39 is 0 Å². The Hall–Kier alpha value is -2.39. The van der Waals surface area contributed by atoms with Crippen molar-refractivity contribution < 1.29 is 5.32 Å². The summed E-state index contributed by atoms with van der Waals surface area (Å²) in [6, 6.07) is 14.9. The van der Waals surface area contributed by atoms with E-state index in [9.17, 15) is 4.79 Å². The Kier molecular flexibility index (Phi) is 4.81. The highest BCUT2D eigenvalue weighted by atomic mass is 16.1. The fourth-order valence-corrected chi connectivity index (χ4v) is 3.28. The van der Waals surface area contributed by atoms with Crippen molar-refractivity contribution in [1.82, 2.24) is 4.98 Å². The molecule has 0 saturated carbocycles. The van der Waals surface area contributed by atoms with Gasteiger partial charge in [-0.15, -0.1) is 0 Å². The van der Waals surface area contributed by atoms with Crippen molar-refractivity contribution in [3.05, 3.63) is 80.6 Å². The minimum atomic E-state index is 0.0289. The van der Waals surface area contributed by atoms with Crippen LogP contribution in [0.1, 0.15) is 27.8 Å². The average Bonchev–Trinajstić information content (AvgIpc) is 2.53. The van der Waals surface area contributed by atoms with Crippen LogP contribution in [0, 0.1) is 20.8 Å². The molecule has 0 saturated heterocycles. The van der Waals surface area contributed by atoms with E-state index in [-0.39, 0.29) is 5.56 Å². The number of pyridine rings is 1. The Morgan fingerprint density at radius 2 is 1.83 bits per heavy atom. The average molecular weight is 321 g/mol. The van der Waals surface area contributed by atoms with Crippen molar-refractivity contribution in [3.8, 4) is 0 Å². The molecule has 3 nitrogen and oxygen atoms in total. The molecule has 0 unspecified atom stereocenters. The van der Waals surface area contributed by atoms with Crippen LogP contribution < -0.4 is 10.9 Å². The number of nitrogens with one attached hydrogen (secondary N) is 1. The summed E-state index contributed by atoms with van der Waals surface area (Å²) in [5.74, 6) is 0. The number of aryl methyl sites for hydroxylation is 3. The molecular weight excluding hydrogens is 296 g/mol. The Morgan fingerprint density at radius 1 is 1.00 bits per heavy atom. The van der Waals surface area contributed by atoms with E-state index in [1.54, 1.807) is 0 Å². The highest BCUT2D eigenvalue weighted by Crippen LogP contribution is 2.17. The Bertz CT molecular complexity index is 925. The van der Waals surface area contributed by atoms with Crippen LogP contribution in [0.3, 0.4) is 0 Å². The molecule has 2 aromatic carbocycles. The van der Waals surface area contributed by atoms with Gasteiger partial charge >= 0.3 is 0 Å². The summed E-state index contributed by atoms with van der Waals surface area (Å²) < 4.78 is 0. The van der Waals surface area contributed by atoms with Crippen LogP contribution in [0.25, 0.3) is 10.9 Å². The second-order valence-electron chi connectivity index (χ2n) is 6.69. The third-order valence-electron chi connectivity index (χ3n) is 4.45. The van der Waals surface area contributed by atoms with Crippen LogP contribution in [0.15, 0.2) is 47.3 Å². The van der Waals surface area contributed by atoms with Crippen molar-refractivity contribution in [3.63, 3.8) is 0 Å². The number of H-pyrrole nitrogens is 1. The molecule has 0 aliphatic rings. The van der Waals surface area contributed by atoms with Gasteiger partial charge in [-0.05, 0) is 49.4 Å². The molecule has 124 valence electrons. The van der Waals surface area contributed by atoms with Gasteiger partial charge in [-0.1, -0.05) is 41.5 Å². The van der Waals surface area contributed by atoms with E-state index in [4.69, 9.17) is 0 Å². The molecule has 1 heterocycles. The summed E-state index contributed by atoms with van der Waals surface area (Å²) in [6.07, 6.45) is 1.02. The van der Waals surface area contributed by atoms with Crippen molar-refractivity contribution >= 4 is 10.9 Å². The van der Waals surface area contributed by atoms with Crippen LogP contribution in [-0.2, 0) is 13.0 Å². The molecule has 3 rings (SSSR count). The number of nitrogens with two attached hydrogens (primary N) is 1. The lowest BCUT2D eigenvalue weighted by atomic mass is 10.1. The zero-order chi connectivity index (χ0) is 17.1. The van der Waals surface area contributed by atoms with Gasteiger partial charge in [0, 0.05) is 6.42 Å². The fraction of sp³-hybridized carbons (Fsp3) is 0.286. The van der Waals surface area contributed by atoms with Crippen LogP contribution in [-0.4, -0.2) is 11.5 Å². The lowest BCUT2D eigenvalue weighted by Gasteiger charge is -2.07. The predicted octanol–water partition coefficient (Wildman–Crippen LogP) is 2.76. The van der Waals surface area contributed by atoms with Crippen LogP contribution >= 0.6 is 0 Å². The summed E-state index contributed by atoms with van der Waals surface area (Å²) >= 11 is 0. The lowest BCUT2D eigenvalue weighted by Crippen LogP contribution is -2.83. The molecule has 3 heteroatoms. The molecule has 0 aliphatic carbocycles. The summed E-state index contributed by atoms with van der Waals surface area (Å²) in [7, 11) is 0. The third kappa shape index (κ3) is 3.74. The highest BCUT2D eigenvalue weighted by Gasteiger charge is 2.07. The van der Waals surface area contributed by atoms with E-state index >= 15 is 0 Å². The monoisotopic (exact) mass is 321 g/mol. The zero-order valence-corrected chi connectivity index (χ0v) is 14.6. The molecule has 0 amide bonds. The predicted molar refractivity (Wildman–Crippen MR) is 99.4 cm³/mol. The smallest absolute Gasteiger partial charge is 0.257 e. The summed E-state index contributed by atoms with van der Waals surface area (Å²) in [6.45, 7) is 7.94. The molecule has 3 aromatic rings. The van der Waals surface area contributed by atoms with Gasteiger partial charge in [0.25, 0.3) is 5.56 Å². The van der Waals surface area contributed by atoms with E-state index in [0.717, 1.165) is 35.0 Å². The zero-order valence-electron chi connectivity index (χ0n) is 14.6. The highest BCUT2D eigenvalue weighted by molar-refractivity contribution is 5.82. The first-order valence-electron chi connectivity index (χ1n) is 8.53. The van der Waals surface area contributed by atoms with Crippen molar-refractivity contribution in [1.29, 1.82) is 0 Å². The minimum Gasteiger partial charge on any atom is -0.342 e. The Labute approximate surface area is 142 Å². The van der Waals surface area contributed by atoms with E-state index in [2.05, 4.69) is 60.5 Å². The van der Waals surface area contributed by atoms with Crippen molar-refractivity contribution in [2.45, 2.75) is 33.7 Å². The maximum Gasteiger partial charge on any atom is 0.257 e. The van der Waals surface area contributed by atoms with Gasteiger partial charge in [-0.2, -0.15) is 0 Å². The maximum atomic E-state index is 12.3. The molecule has 24 heavy (non-hydrogen) atoms. The topological polar surface area (TPSA) is 49.5 Å². The largest absolute Gasteiger partial charge is 0.342 e. The van der Waals surface area contributed by atoms with E-state index in [0.29, 0.717) is 6.54 Å². The molecule has 0 atom stereocenters. The van der Waals surface area contributed by atoms with Gasteiger partial charge in [0.15, 0.2) is 0 Å². The lowest BCUT2D eigenvalue weighted by molar-refractivity contribution is -0.670. The van der Waals surface area contributed by atoms with Crippen LogP contribution in [0.5, 0.6) is 0 Å². The van der Waals surface area contributed by atoms with Crippen LogP contribution in [0.4, 0.5) is 0 Å². The van der Waals surface area contributed by atoms with E-state index in [1.165, 1.54) is 16.7 Å². The van der Waals surface area contributed by atoms with Crippen molar-refractivity contribution in [2.75, 3.05) is 6.54 Å². The van der Waals surface area contributed by atoms with Gasteiger partial charge < -0.3 is 10.3 Å². The van der Waals surface area contributed by atoms with Gasteiger partial charge in [0.05, 0.1) is 17.6 Å². The van der Waals surface area contributed by atoms with E-state index in [1.807, 2.05) is 13.0 Å². The second-order valence-corrected chi connectivity index (χ2v) is 6.69.